The predicted octanol–water partition coefficient (Wildman–Crippen LogP) is 2.32. The van der Waals surface area contributed by atoms with E-state index < -0.39 is 0 Å². The average molecular weight is 313 g/mol. The summed E-state index contributed by atoms with van der Waals surface area (Å²) in [6.45, 7) is 2.08. The molecule has 4 heteroatoms. The van der Waals surface area contributed by atoms with Crippen LogP contribution in [0.5, 0.6) is 5.75 Å². The van der Waals surface area contributed by atoms with Gasteiger partial charge in [-0.2, -0.15) is 0 Å². The molecule has 2 unspecified atom stereocenters. The summed E-state index contributed by atoms with van der Waals surface area (Å²) in [4.78, 5) is 0. The van der Waals surface area contributed by atoms with Gasteiger partial charge in [-0.05, 0) is 36.1 Å². The van der Waals surface area contributed by atoms with Gasteiger partial charge in [0.15, 0.2) is 0 Å². The molecule has 1 saturated heterocycles. The van der Waals surface area contributed by atoms with Crippen LogP contribution in [0.1, 0.15) is 17.5 Å². The Balaban J connectivity index is 1.84. The lowest BCUT2D eigenvalue weighted by atomic mass is 9.90. The molecule has 1 aromatic rings. The van der Waals surface area contributed by atoms with Crippen molar-refractivity contribution >= 4 is 15.9 Å². The minimum Gasteiger partial charge on any atom is -0.493 e. The number of hydrogen-bond acceptors (Lipinski definition) is 3. The van der Waals surface area contributed by atoms with E-state index in [0.29, 0.717) is 13.2 Å². The summed E-state index contributed by atoms with van der Waals surface area (Å²) in [5, 5.41) is 10.0. The van der Waals surface area contributed by atoms with Gasteiger partial charge in [-0.3, -0.25) is 0 Å². The minimum atomic E-state index is -0.255. The van der Waals surface area contributed by atoms with Crippen molar-refractivity contribution < 1.29 is 14.6 Å². The molecule has 0 saturated carbocycles. The number of benzene rings is 1. The zero-order valence-corrected chi connectivity index (χ0v) is 11.8. The van der Waals surface area contributed by atoms with E-state index in [4.69, 9.17) is 9.47 Å². The maximum Gasteiger partial charge on any atom is 0.125 e. The third kappa shape index (κ3) is 2.42. The van der Waals surface area contributed by atoms with E-state index in [2.05, 4.69) is 28.1 Å². The predicted molar refractivity (Wildman–Crippen MR) is 72.0 cm³/mol. The van der Waals surface area contributed by atoms with Crippen LogP contribution in [0.25, 0.3) is 0 Å². The SMILES string of the molecule is OC1CCOCC1Cc1cc(Br)cc2c1OCC2. The Kier molecular flexibility index (Phi) is 3.59. The first-order valence-electron chi connectivity index (χ1n) is 6.44. The first-order chi connectivity index (χ1) is 8.74. The molecule has 98 valence electrons. The maximum atomic E-state index is 10.0. The smallest absolute Gasteiger partial charge is 0.125 e. The number of fused-ring (bicyclic) bond motifs is 1. The first-order valence-corrected chi connectivity index (χ1v) is 7.23. The second kappa shape index (κ2) is 5.19. The van der Waals surface area contributed by atoms with Gasteiger partial charge in [0.2, 0.25) is 0 Å². The van der Waals surface area contributed by atoms with Crippen LogP contribution in [0.3, 0.4) is 0 Å². The number of halogens is 1. The lowest BCUT2D eigenvalue weighted by Crippen LogP contribution is -2.33. The summed E-state index contributed by atoms with van der Waals surface area (Å²) in [5.74, 6) is 1.21. The molecule has 0 aliphatic carbocycles. The van der Waals surface area contributed by atoms with Crippen molar-refractivity contribution in [3.8, 4) is 5.75 Å². The summed E-state index contributed by atoms with van der Waals surface area (Å²) < 4.78 is 12.3. The summed E-state index contributed by atoms with van der Waals surface area (Å²) in [6, 6.07) is 4.23. The number of hydrogen-bond donors (Lipinski definition) is 1. The molecule has 0 radical (unpaired) electrons. The fraction of sp³-hybridized carbons (Fsp3) is 0.571. The van der Waals surface area contributed by atoms with Gasteiger partial charge in [-0.15, -0.1) is 0 Å². The van der Waals surface area contributed by atoms with E-state index in [9.17, 15) is 5.11 Å². The molecule has 0 amide bonds. The largest absolute Gasteiger partial charge is 0.493 e. The fourth-order valence-corrected chi connectivity index (χ4v) is 3.31. The molecule has 2 aliphatic rings. The van der Waals surface area contributed by atoms with E-state index in [-0.39, 0.29) is 12.0 Å². The molecule has 1 N–H and O–H groups in total. The van der Waals surface area contributed by atoms with Crippen molar-refractivity contribution in [2.24, 2.45) is 5.92 Å². The van der Waals surface area contributed by atoms with Gasteiger partial charge in [-0.1, -0.05) is 15.9 Å². The van der Waals surface area contributed by atoms with Crippen LogP contribution >= 0.6 is 15.9 Å². The van der Waals surface area contributed by atoms with E-state index in [0.717, 1.165) is 36.1 Å². The highest BCUT2D eigenvalue weighted by Crippen LogP contribution is 2.35. The molecule has 2 heterocycles. The standard InChI is InChI=1S/C14H17BrO3/c15-12-6-9-1-4-18-14(9)10(7-12)5-11-8-17-3-2-13(11)16/h6-7,11,13,16H,1-5,8H2. The Morgan fingerprint density at radius 2 is 2.22 bits per heavy atom. The molecule has 18 heavy (non-hydrogen) atoms. The molecule has 3 rings (SSSR count). The van der Waals surface area contributed by atoms with Crippen LogP contribution in [0.4, 0.5) is 0 Å². The highest BCUT2D eigenvalue weighted by atomic mass is 79.9. The van der Waals surface area contributed by atoms with Gasteiger partial charge < -0.3 is 14.6 Å². The Morgan fingerprint density at radius 1 is 1.33 bits per heavy atom. The first kappa shape index (κ1) is 12.5. The zero-order valence-electron chi connectivity index (χ0n) is 10.2. The summed E-state index contributed by atoms with van der Waals surface area (Å²) in [6.07, 6.45) is 2.28. The number of aliphatic hydroxyl groups excluding tert-OH is 1. The van der Waals surface area contributed by atoms with Gasteiger partial charge in [-0.25, -0.2) is 0 Å². The molecule has 0 aromatic heterocycles. The van der Waals surface area contributed by atoms with Crippen LogP contribution in [0.2, 0.25) is 0 Å². The molecule has 0 bridgehead atoms. The van der Waals surface area contributed by atoms with Crippen LogP contribution in [0.15, 0.2) is 16.6 Å². The average Bonchev–Trinajstić information content (AvgIpc) is 2.80. The Bertz CT molecular complexity index is 447. The highest BCUT2D eigenvalue weighted by molar-refractivity contribution is 9.10. The zero-order chi connectivity index (χ0) is 12.5. The minimum absolute atomic E-state index is 0.182. The van der Waals surface area contributed by atoms with Gasteiger partial charge in [0.1, 0.15) is 5.75 Å². The van der Waals surface area contributed by atoms with Gasteiger partial charge in [0.25, 0.3) is 0 Å². The number of aliphatic hydroxyl groups is 1. The Hall–Kier alpha value is -0.580. The van der Waals surface area contributed by atoms with Crippen molar-refractivity contribution in [1.82, 2.24) is 0 Å². The fourth-order valence-electron chi connectivity index (χ4n) is 2.76. The quantitative estimate of drug-likeness (QED) is 0.911. The molecule has 1 fully saturated rings. The Morgan fingerprint density at radius 3 is 3.06 bits per heavy atom. The summed E-state index contributed by atoms with van der Waals surface area (Å²) in [5.41, 5.74) is 2.46. The van der Waals surface area contributed by atoms with Crippen LogP contribution < -0.4 is 4.74 Å². The second-order valence-electron chi connectivity index (χ2n) is 5.05. The lowest BCUT2D eigenvalue weighted by Gasteiger charge is -2.28. The Labute approximate surface area is 115 Å². The summed E-state index contributed by atoms with van der Waals surface area (Å²) >= 11 is 3.55. The second-order valence-corrected chi connectivity index (χ2v) is 5.96. The van der Waals surface area contributed by atoms with E-state index >= 15 is 0 Å². The third-order valence-corrected chi connectivity index (χ3v) is 4.20. The van der Waals surface area contributed by atoms with Crippen molar-refractivity contribution in [2.75, 3.05) is 19.8 Å². The van der Waals surface area contributed by atoms with Crippen molar-refractivity contribution in [3.63, 3.8) is 0 Å². The van der Waals surface area contributed by atoms with E-state index in [1.54, 1.807) is 0 Å². The highest BCUT2D eigenvalue weighted by Gasteiger charge is 2.26. The third-order valence-electron chi connectivity index (χ3n) is 3.74. The van der Waals surface area contributed by atoms with Crippen LogP contribution in [0, 0.1) is 5.92 Å². The van der Waals surface area contributed by atoms with Crippen LogP contribution in [-0.2, 0) is 17.6 Å². The molecular formula is C14H17BrO3. The van der Waals surface area contributed by atoms with Crippen molar-refractivity contribution in [2.45, 2.75) is 25.4 Å². The molecular weight excluding hydrogens is 296 g/mol. The molecule has 2 atom stereocenters. The van der Waals surface area contributed by atoms with Gasteiger partial charge >= 0.3 is 0 Å². The topological polar surface area (TPSA) is 38.7 Å². The monoisotopic (exact) mass is 312 g/mol. The number of rotatable bonds is 2. The van der Waals surface area contributed by atoms with Gasteiger partial charge in [0.05, 0.1) is 19.3 Å². The molecule has 1 aromatic carbocycles. The maximum absolute atomic E-state index is 10.0. The van der Waals surface area contributed by atoms with E-state index in [1.807, 2.05) is 0 Å². The molecule has 0 spiro atoms. The van der Waals surface area contributed by atoms with Crippen LogP contribution in [-0.4, -0.2) is 31.0 Å². The molecule has 3 nitrogen and oxygen atoms in total. The molecule has 2 aliphatic heterocycles. The van der Waals surface area contributed by atoms with E-state index in [1.165, 1.54) is 11.1 Å². The number of ether oxygens (including phenoxy) is 2. The lowest BCUT2D eigenvalue weighted by molar-refractivity contribution is -0.0351. The normalized spacial score (nSPS) is 26.8. The van der Waals surface area contributed by atoms with Gasteiger partial charge in [0, 0.05) is 23.4 Å². The van der Waals surface area contributed by atoms with Crippen molar-refractivity contribution in [1.29, 1.82) is 0 Å². The summed E-state index contributed by atoms with van der Waals surface area (Å²) in [7, 11) is 0. The van der Waals surface area contributed by atoms with Crippen molar-refractivity contribution in [3.05, 3.63) is 27.7 Å².